The highest BCUT2D eigenvalue weighted by molar-refractivity contribution is 5.96. The van der Waals surface area contributed by atoms with Crippen molar-refractivity contribution in [3.05, 3.63) is 23.8 Å². The van der Waals surface area contributed by atoms with Crippen LogP contribution in [0.15, 0.2) is 18.2 Å². The maximum atomic E-state index is 11.1. The van der Waals surface area contributed by atoms with E-state index in [4.69, 9.17) is 20.9 Å². The summed E-state index contributed by atoms with van der Waals surface area (Å²) in [6, 6.07) is 4.73. The van der Waals surface area contributed by atoms with Gasteiger partial charge in [-0.15, -0.1) is 0 Å². The summed E-state index contributed by atoms with van der Waals surface area (Å²) in [5.41, 5.74) is 11.7. The standard InChI is InChI=1S/C12H16N2O3/c13-9-3-4-10(12(14)15)11(5-9)17-7-16-6-8-1-2-8/h3-5,8H,1-2,6-7,13H2,(H2,14,15). The summed E-state index contributed by atoms with van der Waals surface area (Å²) < 4.78 is 10.7. The Morgan fingerprint density at radius 1 is 1.41 bits per heavy atom. The fourth-order valence-corrected chi connectivity index (χ4v) is 1.47. The summed E-state index contributed by atoms with van der Waals surface area (Å²) in [5, 5.41) is 0. The normalized spacial score (nSPS) is 14.6. The van der Waals surface area contributed by atoms with Crippen LogP contribution in [0.2, 0.25) is 0 Å². The number of ether oxygens (including phenoxy) is 2. The molecule has 0 spiro atoms. The molecule has 5 nitrogen and oxygen atoms in total. The van der Waals surface area contributed by atoms with E-state index in [0.717, 1.165) is 0 Å². The lowest BCUT2D eigenvalue weighted by Crippen LogP contribution is -2.14. The Labute approximate surface area is 99.7 Å². The largest absolute Gasteiger partial charge is 0.467 e. The van der Waals surface area contributed by atoms with Crippen molar-refractivity contribution in [2.24, 2.45) is 11.7 Å². The number of hydrogen-bond donors (Lipinski definition) is 2. The highest BCUT2D eigenvalue weighted by atomic mass is 16.7. The molecule has 1 fully saturated rings. The van der Waals surface area contributed by atoms with Crippen molar-refractivity contribution < 1.29 is 14.3 Å². The third kappa shape index (κ3) is 3.35. The summed E-state index contributed by atoms with van der Waals surface area (Å²) in [7, 11) is 0. The molecule has 2 rings (SSSR count). The number of carbonyl (C=O) groups excluding carboxylic acids is 1. The second-order valence-electron chi connectivity index (χ2n) is 4.20. The predicted octanol–water partition coefficient (Wildman–Crippen LogP) is 1.13. The Morgan fingerprint density at radius 2 is 2.18 bits per heavy atom. The molecule has 1 aromatic carbocycles. The molecular formula is C12H16N2O3. The molecule has 0 unspecified atom stereocenters. The molecule has 0 radical (unpaired) electrons. The van der Waals surface area contributed by atoms with Crippen LogP contribution in [0.25, 0.3) is 0 Å². The molecule has 1 saturated carbocycles. The molecule has 5 heteroatoms. The number of amides is 1. The Balaban J connectivity index is 1.92. The minimum Gasteiger partial charge on any atom is -0.467 e. The average molecular weight is 236 g/mol. The number of carbonyl (C=O) groups is 1. The summed E-state index contributed by atoms with van der Waals surface area (Å²) in [4.78, 5) is 11.1. The molecule has 0 heterocycles. The summed E-state index contributed by atoms with van der Waals surface area (Å²) in [5.74, 6) is 0.505. The topological polar surface area (TPSA) is 87.6 Å². The second kappa shape index (κ2) is 5.05. The van der Waals surface area contributed by atoms with E-state index in [2.05, 4.69) is 0 Å². The first-order valence-electron chi connectivity index (χ1n) is 5.56. The van der Waals surface area contributed by atoms with Crippen molar-refractivity contribution in [2.75, 3.05) is 19.1 Å². The average Bonchev–Trinajstić information content (AvgIpc) is 3.08. The van der Waals surface area contributed by atoms with E-state index in [0.29, 0.717) is 29.5 Å². The highest BCUT2D eigenvalue weighted by Crippen LogP contribution is 2.29. The van der Waals surface area contributed by atoms with Gasteiger partial charge in [-0.1, -0.05) is 0 Å². The van der Waals surface area contributed by atoms with E-state index in [1.807, 2.05) is 0 Å². The van der Waals surface area contributed by atoms with Gasteiger partial charge in [0.25, 0.3) is 5.91 Å². The van der Waals surface area contributed by atoms with Crippen molar-refractivity contribution in [2.45, 2.75) is 12.8 Å². The SMILES string of the molecule is NC(=O)c1ccc(N)cc1OCOCC1CC1. The Kier molecular flexibility index (Phi) is 3.49. The molecule has 92 valence electrons. The molecule has 1 aliphatic carbocycles. The van der Waals surface area contributed by atoms with Gasteiger partial charge in [0.1, 0.15) is 5.75 Å². The molecule has 1 aliphatic rings. The van der Waals surface area contributed by atoms with Crippen LogP contribution in [-0.2, 0) is 4.74 Å². The number of benzene rings is 1. The van der Waals surface area contributed by atoms with Gasteiger partial charge in [0.2, 0.25) is 0 Å². The van der Waals surface area contributed by atoms with Gasteiger partial charge in [-0.05, 0) is 30.9 Å². The zero-order chi connectivity index (χ0) is 12.3. The molecule has 0 atom stereocenters. The lowest BCUT2D eigenvalue weighted by Gasteiger charge is -2.10. The van der Waals surface area contributed by atoms with Gasteiger partial charge in [-0.3, -0.25) is 4.79 Å². The third-order valence-corrected chi connectivity index (χ3v) is 2.62. The maximum Gasteiger partial charge on any atom is 0.252 e. The van der Waals surface area contributed by atoms with Crippen molar-refractivity contribution in [3.8, 4) is 5.75 Å². The van der Waals surface area contributed by atoms with Crippen molar-refractivity contribution >= 4 is 11.6 Å². The molecule has 0 saturated heterocycles. The number of anilines is 1. The summed E-state index contributed by atoms with van der Waals surface area (Å²) in [6.45, 7) is 0.814. The zero-order valence-corrected chi connectivity index (χ0v) is 9.52. The van der Waals surface area contributed by atoms with E-state index < -0.39 is 5.91 Å². The minimum atomic E-state index is -0.540. The molecule has 0 aromatic heterocycles. The quantitative estimate of drug-likeness (QED) is 0.440. The second-order valence-corrected chi connectivity index (χ2v) is 4.20. The number of rotatable bonds is 6. The van der Waals surface area contributed by atoms with Crippen molar-refractivity contribution in [1.82, 2.24) is 0 Å². The fraction of sp³-hybridized carbons (Fsp3) is 0.417. The van der Waals surface area contributed by atoms with E-state index >= 15 is 0 Å². The van der Waals surface area contributed by atoms with E-state index in [-0.39, 0.29) is 6.79 Å². The third-order valence-electron chi connectivity index (χ3n) is 2.62. The highest BCUT2D eigenvalue weighted by Gasteiger charge is 2.21. The molecule has 1 aromatic rings. The van der Waals surface area contributed by atoms with Crippen molar-refractivity contribution in [1.29, 1.82) is 0 Å². The van der Waals surface area contributed by atoms with Crippen LogP contribution >= 0.6 is 0 Å². The first kappa shape index (κ1) is 11.7. The predicted molar refractivity (Wildman–Crippen MR) is 63.5 cm³/mol. The first-order chi connectivity index (χ1) is 8.16. The van der Waals surface area contributed by atoms with E-state index in [1.165, 1.54) is 12.8 Å². The lowest BCUT2D eigenvalue weighted by atomic mass is 10.2. The van der Waals surface area contributed by atoms with Gasteiger partial charge in [-0.25, -0.2) is 0 Å². The number of hydrogen-bond acceptors (Lipinski definition) is 4. The van der Waals surface area contributed by atoms with Gasteiger partial charge in [0, 0.05) is 11.8 Å². The fourth-order valence-electron chi connectivity index (χ4n) is 1.47. The van der Waals surface area contributed by atoms with Gasteiger partial charge in [0.05, 0.1) is 12.2 Å². The minimum absolute atomic E-state index is 0.111. The monoisotopic (exact) mass is 236 g/mol. The van der Waals surface area contributed by atoms with Crippen LogP contribution < -0.4 is 16.2 Å². The van der Waals surface area contributed by atoms with Crippen molar-refractivity contribution in [3.63, 3.8) is 0 Å². The Morgan fingerprint density at radius 3 is 2.82 bits per heavy atom. The molecular weight excluding hydrogens is 220 g/mol. The van der Waals surface area contributed by atoms with Gasteiger partial charge in [-0.2, -0.15) is 0 Å². The molecule has 0 bridgehead atoms. The number of nitrogens with two attached hydrogens (primary N) is 2. The maximum absolute atomic E-state index is 11.1. The zero-order valence-electron chi connectivity index (χ0n) is 9.52. The lowest BCUT2D eigenvalue weighted by molar-refractivity contribution is 0.00963. The van der Waals surface area contributed by atoms with E-state index in [9.17, 15) is 4.79 Å². The number of nitrogen functional groups attached to an aromatic ring is 1. The molecule has 0 aliphatic heterocycles. The summed E-state index contributed by atoms with van der Waals surface area (Å²) in [6.07, 6.45) is 2.45. The van der Waals surface area contributed by atoms with Gasteiger partial charge in [0.15, 0.2) is 6.79 Å². The smallest absolute Gasteiger partial charge is 0.252 e. The van der Waals surface area contributed by atoms with Crippen LogP contribution in [0.1, 0.15) is 23.2 Å². The van der Waals surface area contributed by atoms with Crippen LogP contribution in [0, 0.1) is 5.92 Å². The van der Waals surface area contributed by atoms with Gasteiger partial charge < -0.3 is 20.9 Å². The Bertz CT molecular complexity index is 416. The van der Waals surface area contributed by atoms with Crippen LogP contribution in [0.4, 0.5) is 5.69 Å². The van der Waals surface area contributed by atoms with E-state index in [1.54, 1.807) is 18.2 Å². The molecule has 4 N–H and O–H groups in total. The van der Waals surface area contributed by atoms with Gasteiger partial charge >= 0.3 is 0 Å². The van der Waals surface area contributed by atoms with Crippen LogP contribution in [0.5, 0.6) is 5.75 Å². The summed E-state index contributed by atoms with van der Waals surface area (Å²) >= 11 is 0. The van der Waals surface area contributed by atoms with Crippen LogP contribution in [-0.4, -0.2) is 19.3 Å². The first-order valence-corrected chi connectivity index (χ1v) is 5.56. The molecule has 17 heavy (non-hydrogen) atoms. The van der Waals surface area contributed by atoms with Crippen LogP contribution in [0.3, 0.4) is 0 Å². The number of primary amides is 1. The Hall–Kier alpha value is -1.75. The molecule has 1 amide bonds.